The normalized spacial score (nSPS) is 21.1. The molecule has 2 atom stereocenters. The fourth-order valence-electron chi connectivity index (χ4n) is 3.53. The van der Waals surface area contributed by atoms with Crippen molar-refractivity contribution in [1.82, 2.24) is 5.32 Å². The standard InChI is InChI=1S/C21H39NO/c1-3-4-5-6-7-8-9-10-11-12-13-14-15-21(23)22-20-17-16-19(2)18-20/h14-15,19-20H,3-13,16-18H2,1-2H3,(H,22,23)/b15-14+/t19-,20+/m0/s1. The number of carbonyl (C=O) groups is 1. The van der Waals surface area contributed by atoms with E-state index in [1.54, 1.807) is 6.08 Å². The molecule has 0 radical (unpaired) electrons. The summed E-state index contributed by atoms with van der Waals surface area (Å²) in [7, 11) is 0. The first-order valence-electron chi connectivity index (χ1n) is 10.2. The van der Waals surface area contributed by atoms with E-state index in [-0.39, 0.29) is 5.91 Å². The largest absolute Gasteiger partial charge is 0.350 e. The highest BCUT2D eigenvalue weighted by Crippen LogP contribution is 2.24. The van der Waals surface area contributed by atoms with Crippen molar-refractivity contribution >= 4 is 5.91 Å². The Morgan fingerprint density at radius 2 is 1.57 bits per heavy atom. The second-order valence-corrected chi connectivity index (χ2v) is 7.50. The Morgan fingerprint density at radius 1 is 0.957 bits per heavy atom. The summed E-state index contributed by atoms with van der Waals surface area (Å²) in [6, 6.07) is 0.416. The van der Waals surface area contributed by atoms with Crippen molar-refractivity contribution < 1.29 is 4.79 Å². The summed E-state index contributed by atoms with van der Waals surface area (Å²) in [5.41, 5.74) is 0. The number of amides is 1. The summed E-state index contributed by atoms with van der Waals surface area (Å²) in [6.07, 6.45) is 22.1. The molecule has 1 saturated carbocycles. The van der Waals surface area contributed by atoms with Crippen LogP contribution in [0.2, 0.25) is 0 Å². The Hall–Kier alpha value is -0.790. The minimum absolute atomic E-state index is 0.108. The van der Waals surface area contributed by atoms with Gasteiger partial charge in [-0.2, -0.15) is 0 Å². The maximum absolute atomic E-state index is 11.8. The van der Waals surface area contributed by atoms with Gasteiger partial charge in [0.05, 0.1) is 0 Å². The molecule has 1 fully saturated rings. The van der Waals surface area contributed by atoms with Crippen molar-refractivity contribution in [2.75, 3.05) is 0 Å². The number of hydrogen-bond acceptors (Lipinski definition) is 1. The average Bonchev–Trinajstić information content (AvgIpc) is 2.93. The minimum Gasteiger partial charge on any atom is -0.350 e. The van der Waals surface area contributed by atoms with Crippen LogP contribution in [0.15, 0.2) is 12.2 Å². The van der Waals surface area contributed by atoms with E-state index >= 15 is 0 Å². The molecule has 1 aliphatic rings. The van der Waals surface area contributed by atoms with Crippen LogP contribution in [0.5, 0.6) is 0 Å². The number of carbonyl (C=O) groups excluding carboxylic acids is 1. The summed E-state index contributed by atoms with van der Waals surface area (Å²) in [5.74, 6) is 0.882. The van der Waals surface area contributed by atoms with Crippen LogP contribution in [0.25, 0.3) is 0 Å². The molecule has 23 heavy (non-hydrogen) atoms. The molecule has 0 aromatic heterocycles. The van der Waals surface area contributed by atoms with E-state index < -0.39 is 0 Å². The van der Waals surface area contributed by atoms with E-state index in [0.717, 1.165) is 25.2 Å². The van der Waals surface area contributed by atoms with E-state index in [1.807, 2.05) is 0 Å². The van der Waals surface area contributed by atoms with Crippen molar-refractivity contribution in [2.45, 2.75) is 110 Å². The van der Waals surface area contributed by atoms with E-state index in [9.17, 15) is 4.79 Å². The molecular formula is C21H39NO. The molecule has 0 heterocycles. The predicted octanol–water partition coefficient (Wildman–Crippen LogP) is 6.16. The maximum Gasteiger partial charge on any atom is 0.243 e. The Balaban J connectivity index is 1.85. The van der Waals surface area contributed by atoms with Gasteiger partial charge in [-0.05, 0) is 44.1 Å². The third-order valence-electron chi connectivity index (χ3n) is 5.03. The van der Waals surface area contributed by atoms with Gasteiger partial charge < -0.3 is 5.32 Å². The molecule has 134 valence electrons. The summed E-state index contributed by atoms with van der Waals surface area (Å²) < 4.78 is 0. The summed E-state index contributed by atoms with van der Waals surface area (Å²) in [4.78, 5) is 11.8. The highest BCUT2D eigenvalue weighted by molar-refractivity contribution is 5.87. The van der Waals surface area contributed by atoms with E-state index in [1.165, 1.54) is 70.6 Å². The van der Waals surface area contributed by atoms with Crippen LogP contribution in [0.4, 0.5) is 0 Å². The van der Waals surface area contributed by atoms with Gasteiger partial charge in [-0.15, -0.1) is 0 Å². The molecule has 0 unspecified atom stereocenters. The molecule has 1 amide bonds. The fraction of sp³-hybridized carbons (Fsp3) is 0.857. The Bertz CT molecular complexity index is 324. The minimum atomic E-state index is 0.108. The van der Waals surface area contributed by atoms with Gasteiger partial charge in [-0.1, -0.05) is 77.7 Å². The SMILES string of the molecule is CCCCCCCCCCCC/C=C/C(=O)N[C@@H]1CC[C@H](C)C1. The topological polar surface area (TPSA) is 29.1 Å². The monoisotopic (exact) mass is 321 g/mol. The predicted molar refractivity (Wildman–Crippen MR) is 101 cm³/mol. The van der Waals surface area contributed by atoms with Gasteiger partial charge in [0.15, 0.2) is 0 Å². The molecule has 0 aromatic rings. The highest BCUT2D eigenvalue weighted by Gasteiger charge is 2.21. The molecule has 1 aliphatic carbocycles. The number of rotatable bonds is 13. The van der Waals surface area contributed by atoms with Crippen LogP contribution in [0.1, 0.15) is 104 Å². The lowest BCUT2D eigenvalue weighted by Crippen LogP contribution is -2.31. The van der Waals surface area contributed by atoms with Crippen LogP contribution in [0.3, 0.4) is 0 Å². The van der Waals surface area contributed by atoms with Crippen LogP contribution in [0, 0.1) is 5.92 Å². The van der Waals surface area contributed by atoms with Gasteiger partial charge in [0.1, 0.15) is 0 Å². The van der Waals surface area contributed by atoms with Crippen LogP contribution in [-0.4, -0.2) is 11.9 Å². The second-order valence-electron chi connectivity index (χ2n) is 7.50. The van der Waals surface area contributed by atoms with Crippen LogP contribution in [-0.2, 0) is 4.79 Å². The maximum atomic E-state index is 11.8. The highest BCUT2D eigenvalue weighted by atomic mass is 16.1. The first-order valence-corrected chi connectivity index (χ1v) is 10.2. The Kier molecular flexibility index (Phi) is 12.0. The molecular weight excluding hydrogens is 282 g/mol. The van der Waals surface area contributed by atoms with Crippen molar-refractivity contribution in [2.24, 2.45) is 5.92 Å². The number of nitrogens with one attached hydrogen (secondary N) is 1. The Labute approximate surface area is 144 Å². The molecule has 0 aliphatic heterocycles. The molecule has 0 aromatic carbocycles. The van der Waals surface area contributed by atoms with Gasteiger partial charge in [0.2, 0.25) is 5.91 Å². The Morgan fingerprint density at radius 3 is 2.13 bits per heavy atom. The lowest BCUT2D eigenvalue weighted by molar-refractivity contribution is -0.117. The van der Waals surface area contributed by atoms with E-state index in [0.29, 0.717) is 6.04 Å². The smallest absolute Gasteiger partial charge is 0.243 e. The average molecular weight is 322 g/mol. The summed E-state index contributed by atoms with van der Waals surface area (Å²) in [6.45, 7) is 4.54. The van der Waals surface area contributed by atoms with Gasteiger partial charge in [0, 0.05) is 6.04 Å². The van der Waals surface area contributed by atoms with Crippen molar-refractivity contribution in [3.63, 3.8) is 0 Å². The number of unbranched alkanes of at least 4 members (excludes halogenated alkanes) is 10. The third kappa shape index (κ3) is 11.4. The third-order valence-corrected chi connectivity index (χ3v) is 5.03. The zero-order chi connectivity index (χ0) is 16.8. The lowest BCUT2D eigenvalue weighted by Gasteiger charge is -2.09. The fourth-order valence-corrected chi connectivity index (χ4v) is 3.53. The molecule has 0 saturated heterocycles. The first kappa shape index (κ1) is 20.3. The van der Waals surface area contributed by atoms with Crippen molar-refractivity contribution in [3.05, 3.63) is 12.2 Å². The van der Waals surface area contributed by atoms with Gasteiger partial charge in [-0.3, -0.25) is 4.79 Å². The van der Waals surface area contributed by atoms with Crippen LogP contribution >= 0.6 is 0 Å². The first-order chi connectivity index (χ1) is 11.2. The summed E-state index contributed by atoms with van der Waals surface area (Å²) >= 11 is 0. The lowest BCUT2D eigenvalue weighted by atomic mass is 10.1. The second kappa shape index (κ2) is 13.6. The van der Waals surface area contributed by atoms with Gasteiger partial charge in [-0.25, -0.2) is 0 Å². The van der Waals surface area contributed by atoms with Gasteiger partial charge >= 0.3 is 0 Å². The zero-order valence-corrected chi connectivity index (χ0v) is 15.6. The molecule has 0 spiro atoms. The number of allylic oxidation sites excluding steroid dienone is 1. The van der Waals surface area contributed by atoms with Crippen molar-refractivity contribution in [1.29, 1.82) is 0 Å². The summed E-state index contributed by atoms with van der Waals surface area (Å²) in [5, 5.41) is 3.12. The molecule has 2 heteroatoms. The van der Waals surface area contributed by atoms with E-state index in [4.69, 9.17) is 0 Å². The molecule has 1 N–H and O–H groups in total. The quantitative estimate of drug-likeness (QED) is 0.319. The van der Waals surface area contributed by atoms with Crippen molar-refractivity contribution in [3.8, 4) is 0 Å². The zero-order valence-electron chi connectivity index (χ0n) is 15.6. The van der Waals surface area contributed by atoms with E-state index in [2.05, 4.69) is 25.2 Å². The van der Waals surface area contributed by atoms with Crippen LogP contribution < -0.4 is 5.32 Å². The number of hydrogen-bond donors (Lipinski definition) is 1. The molecule has 0 bridgehead atoms. The molecule has 2 nitrogen and oxygen atoms in total. The molecule has 1 rings (SSSR count). The van der Waals surface area contributed by atoms with Gasteiger partial charge in [0.25, 0.3) is 0 Å².